The van der Waals surface area contributed by atoms with E-state index >= 15 is 0 Å². The predicted molar refractivity (Wildman–Crippen MR) is 122 cm³/mol. The lowest BCUT2D eigenvalue weighted by Crippen LogP contribution is -2.26. The largest absolute Gasteiger partial charge is 0.464 e. The topological polar surface area (TPSA) is 77.5 Å². The summed E-state index contributed by atoms with van der Waals surface area (Å²) in [5, 5.41) is 2.77. The van der Waals surface area contributed by atoms with E-state index in [-0.39, 0.29) is 18.2 Å². The number of methoxy groups -OCH3 is 1. The normalized spacial score (nSPS) is 12.3. The summed E-state index contributed by atoms with van der Waals surface area (Å²) in [6, 6.07) is 20.0. The average molecular weight is 428 g/mol. The Morgan fingerprint density at radius 3 is 2.38 bits per heavy atom. The molecule has 0 fully saturated rings. The summed E-state index contributed by atoms with van der Waals surface area (Å²) in [5.41, 5.74) is 5.69. The first-order valence-corrected chi connectivity index (χ1v) is 10.5. The van der Waals surface area contributed by atoms with Gasteiger partial charge in [0.05, 0.1) is 7.11 Å². The summed E-state index contributed by atoms with van der Waals surface area (Å²) < 4.78 is 10.3. The maximum Gasteiger partial charge on any atom is 0.407 e. The van der Waals surface area contributed by atoms with Gasteiger partial charge in [0.2, 0.25) is 0 Å². The van der Waals surface area contributed by atoms with Gasteiger partial charge < -0.3 is 14.8 Å². The maximum absolute atomic E-state index is 12.2. The van der Waals surface area contributed by atoms with Crippen molar-refractivity contribution in [3.63, 3.8) is 0 Å². The molecule has 0 unspecified atom stereocenters. The second-order valence-corrected chi connectivity index (χ2v) is 7.38. The van der Waals surface area contributed by atoms with Crippen LogP contribution < -0.4 is 5.32 Å². The second kappa shape index (κ2) is 9.92. The highest BCUT2D eigenvalue weighted by molar-refractivity contribution is 5.91. The number of alkyl carbamates (subject to hydrolysis) is 1. The van der Waals surface area contributed by atoms with Crippen molar-refractivity contribution in [2.45, 2.75) is 12.3 Å². The lowest BCUT2D eigenvalue weighted by Gasteiger charge is -2.14. The maximum atomic E-state index is 12.2. The molecule has 1 aliphatic carbocycles. The van der Waals surface area contributed by atoms with Gasteiger partial charge in [0.25, 0.3) is 0 Å². The number of nitrogens with zero attached hydrogens (tertiary/aromatic N) is 1. The lowest BCUT2D eigenvalue weighted by atomic mass is 9.98. The molecule has 6 heteroatoms. The first-order valence-electron chi connectivity index (χ1n) is 10.5. The molecule has 1 aliphatic rings. The van der Waals surface area contributed by atoms with E-state index in [0.29, 0.717) is 18.5 Å². The fraction of sp³-hybridized carbons (Fsp3) is 0.192. The average Bonchev–Trinajstić information content (AvgIpc) is 3.16. The first-order chi connectivity index (χ1) is 15.7. The van der Waals surface area contributed by atoms with Crippen LogP contribution in [0.4, 0.5) is 4.79 Å². The second-order valence-electron chi connectivity index (χ2n) is 7.38. The van der Waals surface area contributed by atoms with E-state index in [1.54, 1.807) is 24.4 Å². The number of carbonyl (C=O) groups is 2. The zero-order chi connectivity index (χ0) is 22.3. The molecule has 32 heavy (non-hydrogen) atoms. The van der Waals surface area contributed by atoms with Crippen molar-refractivity contribution in [3.05, 3.63) is 95.3 Å². The zero-order valence-corrected chi connectivity index (χ0v) is 17.8. The molecule has 2 aromatic carbocycles. The monoisotopic (exact) mass is 428 g/mol. The molecule has 1 N–H and O–H groups in total. The first kappa shape index (κ1) is 21.3. The Bertz CT molecular complexity index is 1110. The molecular weight excluding hydrogens is 404 g/mol. The van der Waals surface area contributed by atoms with Crippen LogP contribution in [0, 0.1) is 0 Å². The number of carbonyl (C=O) groups excluding carboxylic acids is 2. The minimum Gasteiger partial charge on any atom is -0.464 e. The number of benzene rings is 2. The summed E-state index contributed by atoms with van der Waals surface area (Å²) in [4.78, 5) is 28.0. The van der Waals surface area contributed by atoms with Gasteiger partial charge in [0.15, 0.2) is 5.69 Å². The number of ether oxygens (including phenoxy) is 2. The molecule has 0 spiro atoms. The van der Waals surface area contributed by atoms with E-state index in [1.807, 2.05) is 30.3 Å². The summed E-state index contributed by atoms with van der Waals surface area (Å²) in [6.07, 6.45) is 5.34. The molecule has 1 amide bonds. The van der Waals surface area contributed by atoms with Gasteiger partial charge >= 0.3 is 12.1 Å². The van der Waals surface area contributed by atoms with Crippen LogP contribution in [0.5, 0.6) is 0 Å². The van der Waals surface area contributed by atoms with E-state index in [9.17, 15) is 9.59 Å². The lowest BCUT2D eigenvalue weighted by molar-refractivity contribution is 0.0593. The third kappa shape index (κ3) is 4.54. The minimum absolute atomic E-state index is 0.0374. The van der Waals surface area contributed by atoms with Crippen molar-refractivity contribution >= 4 is 18.1 Å². The Labute approximate surface area is 186 Å². The van der Waals surface area contributed by atoms with Gasteiger partial charge in [0.1, 0.15) is 6.61 Å². The standard InChI is InChI=1S/C26H24N2O4/c1-31-25(29)24-18(10-8-16-27-24)9-6-7-15-28-26(30)32-17-23-21-13-4-2-11-19(21)20-12-3-5-14-22(20)23/h2-6,8-14,16,23H,7,15,17H2,1H3,(H,28,30). The number of pyridine rings is 1. The van der Waals surface area contributed by atoms with Gasteiger partial charge in [-0.3, -0.25) is 0 Å². The zero-order valence-electron chi connectivity index (χ0n) is 17.8. The van der Waals surface area contributed by atoms with Gasteiger partial charge in [-0.05, 0) is 34.7 Å². The molecule has 6 nitrogen and oxygen atoms in total. The highest BCUT2D eigenvalue weighted by atomic mass is 16.5. The van der Waals surface area contributed by atoms with Crippen LogP contribution in [-0.2, 0) is 9.47 Å². The number of nitrogens with one attached hydrogen (secondary N) is 1. The fourth-order valence-corrected chi connectivity index (χ4v) is 3.94. The number of rotatable bonds is 7. The molecule has 0 aliphatic heterocycles. The van der Waals surface area contributed by atoms with Gasteiger partial charge in [-0.1, -0.05) is 66.7 Å². The van der Waals surface area contributed by atoms with Gasteiger partial charge in [0, 0.05) is 24.2 Å². The van der Waals surface area contributed by atoms with Gasteiger partial charge in [-0.2, -0.15) is 0 Å². The van der Waals surface area contributed by atoms with Crippen molar-refractivity contribution < 1.29 is 19.1 Å². The third-order valence-corrected chi connectivity index (χ3v) is 5.44. The molecule has 0 saturated heterocycles. The quantitative estimate of drug-likeness (QED) is 0.432. The summed E-state index contributed by atoms with van der Waals surface area (Å²) >= 11 is 0. The number of hydrogen-bond acceptors (Lipinski definition) is 5. The Kier molecular flexibility index (Phi) is 6.60. The van der Waals surface area contributed by atoms with Crippen molar-refractivity contribution in [3.8, 4) is 11.1 Å². The highest BCUT2D eigenvalue weighted by Crippen LogP contribution is 2.44. The van der Waals surface area contributed by atoms with Crippen LogP contribution in [0.2, 0.25) is 0 Å². The molecule has 1 aromatic heterocycles. The Balaban J connectivity index is 1.28. The van der Waals surface area contributed by atoms with Crippen molar-refractivity contribution in [2.75, 3.05) is 20.3 Å². The third-order valence-electron chi connectivity index (χ3n) is 5.44. The van der Waals surface area contributed by atoms with Gasteiger partial charge in [-0.25, -0.2) is 14.6 Å². The Morgan fingerprint density at radius 1 is 1.00 bits per heavy atom. The number of hydrogen-bond donors (Lipinski definition) is 1. The Hall–Kier alpha value is -3.93. The number of fused-ring (bicyclic) bond motifs is 3. The molecule has 162 valence electrons. The van der Waals surface area contributed by atoms with E-state index < -0.39 is 12.1 Å². The SMILES string of the molecule is COC(=O)c1ncccc1C=CCCNC(=O)OCC1c2ccccc2-c2ccccc21. The van der Waals surface area contributed by atoms with E-state index in [4.69, 9.17) is 9.47 Å². The highest BCUT2D eigenvalue weighted by Gasteiger charge is 2.28. The number of amides is 1. The molecule has 0 radical (unpaired) electrons. The molecular formula is C26H24N2O4. The predicted octanol–water partition coefficient (Wildman–Crippen LogP) is 4.81. The van der Waals surface area contributed by atoms with Crippen LogP contribution in [0.1, 0.15) is 39.5 Å². The van der Waals surface area contributed by atoms with Crippen molar-refractivity contribution in [2.24, 2.45) is 0 Å². The fourth-order valence-electron chi connectivity index (χ4n) is 3.94. The van der Waals surface area contributed by atoms with Crippen molar-refractivity contribution in [1.82, 2.24) is 10.3 Å². The molecule has 0 atom stereocenters. The van der Waals surface area contributed by atoms with Crippen LogP contribution >= 0.6 is 0 Å². The molecule has 0 saturated carbocycles. The number of aromatic nitrogens is 1. The van der Waals surface area contributed by atoms with E-state index in [0.717, 1.165) is 0 Å². The summed E-state index contributed by atoms with van der Waals surface area (Å²) in [6.45, 7) is 0.703. The summed E-state index contributed by atoms with van der Waals surface area (Å²) in [7, 11) is 1.32. The van der Waals surface area contributed by atoms with E-state index in [1.165, 1.54) is 29.4 Å². The molecule has 4 rings (SSSR count). The van der Waals surface area contributed by atoms with E-state index in [2.05, 4.69) is 34.6 Å². The molecule has 1 heterocycles. The van der Waals surface area contributed by atoms with Crippen LogP contribution in [0.3, 0.4) is 0 Å². The summed E-state index contributed by atoms with van der Waals surface area (Å²) in [5.74, 6) is -0.447. The van der Waals surface area contributed by atoms with Crippen LogP contribution in [0.25, 0.3) is 17.2 Å². The number of esters is 1. The minimum atomic E-state index is -0.484. The van der Waals surface area contributed by atoms with Crippen LogP contribution in [0.15, 0.2) is 72.9 Å². The molecule has 0 bridgehead atoms. The van der Waals surface area contributed by atoms with Crippen LogP contribution in [-0.4, -0.2) is 37.3 Å². The van der Waals surface area contributed by atoms with Gasteiger partial charge in [-0.15, -0.1) is 0 Å². The Morgan fingerprint density at radius 2 is 1.69 bits per heavy atom. The molecule has 3 aromatic rings. The smallest absolute Gasteiger partial charge is 0.407 e. The van der Waals surface area contributed by atoms with Crippen molar-refractivity contribution in [1.29, 1.82) is 0 Å².